The van der Waals surface area contributed by atoms with E-state index in [9.17, 15) is 4.79 Å². The van der Waals surface area contributed by atoms with Crippen LogP contribution >= 0.6 is 0 Å². The Morgan fingerprint density at radius 3 is 2.27 bits per heavy atom. The molecule has 0 spiro atoms. The lowest BCUT2D eigenvalue weighted by molar-refractivity contribution is -0.141. The number of benzene rings is 1. The van der Waals surface area contributed by atoms with E-state index in [1.54, 1.807) is 0 Å². The first-order chi connectivity index (χ1) is 7.08. The minimum absolute atomic E-state index is 0.0156. The van der Waals surface area contributed by atoms with Crippen molar-refractivity contribution in [2.24, 2.45) is 0 Å². The minimum atomic E-state index is -0.0700. The molecule has 15 heavy (non-hydrogen) atoms. The molecule has 1 aromatic rings. The van der Waals surface area contributed by atoms with E-state index in [4.69, 9.17) is 4.74 Å². The van der Waals surface area contributed by atoms with Gasteiger partial charge in [-0.3, -0.25) is 4.79 Å². The number of carbonyl (C=O) groups is 1. The minimum Gasteiger partial charge on any atom is -0.457 e. The molecule has 1 saturated heterocycles. The highest BCUT2D eigenvalue weighted by Gasteiger charge is 2.27. The van der Waals surface area contributed by atoms with Gasteiger partial charge in [0.2, 0.25) is 0 Å². The maximum absolute atomic E-state index is 11.1. The topological polar surface area (TPSA) is 26.3 Å². The van der Waals surface area contributed by atoms with Crippen molar-refractivity contribution in [1.29, 1.82) is 0 Å². The molecule has 80 valence electrons. The van der Waals surface area contributed by atoms with E-state index in [0.717, 1.165) is 6.42 Å². The van der Waals surface area contributed by atoms with E-state index in [0.29, 0.717) is 6.42 Å². The Kier molecular flexibility index (Phi) is 2.51. The number of hydrogen-bond donors (Lipinski definition) is 0. The zero-order valence-corrected chi connectivity index (χ0v) is 9.46. The number of carbonyl (C=O) groups excluding carboxylic acids is 1. The van der Waals surface area contributed by atoms with E-state index in [2.05, 4.69) is 32.9 Å². The summed E-state index contributed by atoms with van der Waals surface area (Å²) in [7, 11) is 0. The standard InChI is InChI=1S/C13H16O2/c1-8-6-9(2)13(10(3)7-8)11-4-5-12(14)15-11/h6-7,11H,4-5H2,1-3H3. The van der Waals surface area contributed by atoms with Crippen LogP contribution in [0.4, 0.5) is 0 Å². The van der Waals surface area contributed by atoms with Crippen LogP contribution in [0.15, 0.2) is 12.1 Å². The third kappa shape index (κ3) is 1.89. The summed E-state index contributed by atoms with van der Waals surface area (Å²) in [5, 5.41) is 0. The van der Waals surface area contributed by atoms with Crippen molar-refractivity contribution in [3.05, 3.63) is 34.4 Å². The molecule has 0 saturated carbocycles. The van der Waals surface area contributed by atoms with Crippen molar-refractivity contribution in [2.45, 2.75) is 39.7 Å². The molecule has 0 amide bonds. The first-order valence-electron chi connectivity index (χ1n) is 5.35. The number of aryl methyl sites for hydroxylation is 3. The van der Waals surface area contributed by atoms with Gasteiger partial charge in [0.25, 0.3) is 0 Å². The maximum atomic E-state index is 11.1. The average molecular weight is 204 g/mol. The molecule has 1 unspecified atom stereocenters. The summed E-state index contributed by atoms with van der Waals surface area (Å²) in [6.07, 6.45) is 1.36. The second-order valence-electron chi connectivity index (χ2n) is 4.33. The molecular formula is C13H16O2. The van der Waals surface area contributed by atoms with Gasteiger partial charge in [-0.2, -0.15) is 0 Å². The molecule has 1 atom stereocenters. The lowest BCUT2D eigenvalue weighted by atomic mass is 9.94. The Morgan fingerprint density at radius 2 is 1.80 bits per heavy atom. The highest BCUT2D eigenvalue weighted by molar-refractivity contribution is 5.72. The van der Waals surface area contributed by atoms with Gasteiger partial charge in [-0.1, -0.05) is 17.7 Å². The second-order valence-corrected chi connectivity index (χ2v) is 4.33. The number of rotatable bonds is 1. The van der Waals surface area contributed by atoms with Gasteiger partial charge in [-0.05, 0) is 43.9 Å². The normalized spacial score (nSPS) is 20.5. The quantitative estimate of drug-likeness (QED) is 0.657. The van der Waals surface area contributed by atoms with Crippen LogP contribution in [-0.4, -0.2) is 5.97 Å². The average Bonchev–Trinajstić information content (AvgIpc) is 2.49. The van der Waals surface area contributed by atoms with Crippen LogP contribution in [0.1, 0.15) is 41.2 Å². The fourth-order valence-electron chi connectivity index (χ4n) is 2.43. The van der Waals surface area contributed by atoms with Crippen molar-refractivity contribution < 1.29 is 9.53 Å². The van der Waals surface area contributed by atoms with E-state index in [1.807, 2.05) is 0 Å². The van der Waals surface area contributed by atoms with Crippen LogP contribution in [0, 0.1) is 20.8 Å². The molecule has 2 nitrogen and oxygen atoms in total. The number of cyclic esters (lactones) is 1. The molecular weight excluding hydrogens is 188 g/mol. The lowest BCUT2D eigenvalue weighted by Crippen LogP contribution is -2.03. The van der Waals surface area contributed by atoms with Crippen LogP contribution in [0.2, 0.25) is 0 Å². The predicted molar refractivity (Wildman–Crippen MR) is 58.7 cm³/mol. The molecule has 1 aliphatic heterocycles. The number of hydrogen-bond acceptors (Lipinski definition) is 2. The predicted octanol–water partition coefficient (Wildman–Crippen LogP) is 2.99. The van der Waals surface area contributed by atoms with Crippen LogP contribution in [-0.2, 0) is 9.53 Å². The van der Waals surface area contributed by atoms with Crippen molar-refractivity contribution in [3.63, 3.8) is 0 Å². The third-order valence-corrected chi connectivity index (χ3v) is 2.94. The summed E-state index contributed by atoms with van der Waals surface area (Å²) in [4.78, 5) is 11.1. The fraction of sp³-hybridized carbons (Fsp3) is 0.462. The zero-order chi connectivity index (χ0) is 11.0. The molecule has 1 heterocycles. The molecule has 0 bridgehead atoms. The number of ether oxygens (including phenoxy) is 1. The van der Waals surface area contributed by atoms with E-state index in [-0.39, 0.29) is 12.1 Å². The molecule has 0 aromatic heterocycles. The summed E-state index contributed by atoms with van der Waals surface area (Å²) in [6.45, 7) is 6.26. The van der Waals surface area contributed by atoms with Crippen molar-refractivity contribution in [1.82, 2.24) is 0 Å². The van der Waals surface area contributed by atoms with Gasteiger partial charge in [0.1, 0.15) is 6.10 Å². The Balaban J connectivity index is 2.39. The highest BCUT2D eigenvalue weighted by atomic mass is 16.5. The number of esters is 1. The van der Waals surface area contributed by atoms with Gasteiger partial charge >= 0.3 is 5.97 Å². The molecule has 1 aliphatic rings. The Bertz CT molecular complexity index is 384. The van der Waals surface area contributed by atoms with Crippen molar-refractivity contribution in [2.75, 3.05) is 0 Å². The van der Waals surface area contributed by atoms with Crippen LogP contribution < -0.4 is 0 Å². The summed E-state index contributed by atoms with van der Waals surface area (Å²) >= 11 is 0. The molecule has 1 aromatic carbocycles. The summed E-state index contributed by atoms with van der Waals surface area (Å²) in [6, 6.07) is 4.29. The highest BCUT2D eigenvalue weighted by Crippen LogP contribution is 2.33. The van der Waals surface area contributed by atoms with Gasteiger partial charge in [-0.15, -0.1) is 0 Å². The smallest absolute Gasteiger partial charge is 0.306 e. The van der Waals surface area contributed by atoms with Crippen LogP contribution in [0.3, 0.4) is 0 Å². The van der Waals surface area contributed by atoms with Crippen LogP contribution in [0.25, 0.3) is 0 Å². The van der Waals surface area contributed by atoms with Crippen molar-refractivity contribution >= 4 is 5.97 Å². The summed E-state index contributed by atoms with van der Waals surface area (Å²) in [5.74, 6) is -0.0700. The maximum Gasteiger partial charge on any atom is 0.306 e. The van der Waals surface area contributed by atoms with E-state index in [1.165, 1.54) is 22.3 Å². The third-order valence-electron chi connectivity index (χ3n) is 2.94. The van der Waals surface area contributed by atoms with Crippen LogP contribution in [0.5, 0.6) is 0 Å². The molecule has 2 heteroatoms. The van der Waals surface area contributed by atoms with Gasteiger partial charge < -0.3 is 4.74 Å². The Morgan fingerprint density at radius 1 is 1.20 bits per heavy atom. The first-order valence-corrected chi connectivity index (χ1v) is 5.35. The van der Waals surface area contributed by atoms with E-state index >= 15 is 0 Å². The van der Waals surface area contributed by atoms with Gasteiger partial charge in [0.15, 0.2) is 0 Å². The molecule has 0 N–H and O–H groups in total. The molecule has 0 aliphatic carbocycles. The first kappa shape index (κ1) is 10.2. The fourth-order valence-corrected chi connectivity index (χ4v) is 2.43. The van der Waals surface area contributed by atoms with Gasteiger partial charge in [-0.25, -0.2) is 0 Å². The largest absolute Gasteiger partial charge is 0.457 e. The SMILES string of the molecule is Cc1cc(C)c(C2CCC(=O)O2)c(C)c1. The molecule has 1 fully saturated rings. The zero-order valence-electron chi connectivity index (χ0n) is 9.46. The summed E-state index contributed by atoms with van der Waals surface area (Å²) < 4.78 is 5.31. The Labute approximate surface area is 90.3 Å². The lowest BCUT2D eigenvalue weighted by Gasteiger charge is -2.16. The second kappa shape index (κ2) is 3.69. The molecule has 0 radical (unpaired) electrons. The Hall–Kier alpha value is -1.31. The van der Waals surface area contributed by atoms with E-state index < -0.39 is 0 Å². The summed E-state index contributed by atoms with van der Waals surface area (Å²) in [5.41, 5.74) is 4.92. The van der Waals surface area contributed by atoms with Crippen molar-refractivity contribution in [3.8, 4) is 0 Å². The monoisotopic (exact) mass is 204 g/mol. The van der Waals surface area contributed by atoms with Gasteiger partial charge in [0, 0.05) is 6.42 Å². The molecule has 2 rings (SSSR count). The van der Waals surface area contributed by atoms with Gasteiger partial charge in [0.05, 0.1) is 0 Å².